The van der Waals surface area contributed by atoms with Gasteiger partial charge in [-0.2, -0.15) is 4.98 Å². The molecule has 2 aromatic heterocycles. The van der Waals surface area contributed by atoms with E-state index in [1.54, 1.807) is 11.3 Å². The normalized spacial score (nSPS) is 17.2. The number of carbonyl (C=O) groups is 1. The second-order valence-electron chi connectivity index (χ2n) is 9.00. The Morgan fingerprint density at radius 2 is 1.76 bits per heavy atom. The molecular weight excluding hydrogens is 430 g/mol. The van der Waals surface area contributed by atoms with Gasteiger partial charge in [0.1, 0.15) is 5.82 Å². The zero-order chi connectivity index (χ0) is 22.6. The first-order valence-corrected chi connectivity index (χ1v) is 12.8. The number of rotatable bonds is 5. The van der Waals surface area contributed by atoms with Crippen LogP contribution in [0.15, 0.2) is 47.8 Å². The monoisotopic (exact) mass is 461 g/mol. The van der Waals surface area contributed by atoms with Crippen LogP contribution in [0.25, 0.3) is 10.4 Å². The van der Waals surface area contributed by atoms with E-state index in [1.165, 1.54) is 37.0 Å². The molecule has 1 aliphatic heterocycles. The number of hydrogen-bond donors (Lipinski definition) is 1. The van der Waals surface area contributed by atoms with Gasteiger partial charge in [0.25, 0.3) is 5.91 Å². The summed E-state index contributed by atoms with van der Waals surface area (Å²) in [5.41, 5.74) is 2.88. The van der Waals surface area contributed by atoms with Gasteiger partial charge in [0.2, 0.25) is 5.95 Å². The summed E-state index contributed by atoms with van der Waals surface area (Å²) in [6, 6.07) is 14.7. The lowest BCUT2D eigenvalue weighted by atomic mass is 9.96. The zero-order valence-corrected chi connectivity index (χ0v) is 20.0. The summed E-state index contributed by atoms with van der Waals surface area (Å²) >= 11 is 1.71. The number of nitrogens with one attached hydrogen (secondary N) is 1. The maximum absolute atomic E-state index is 13.0. The number of thiophene rings is 1. The van der Waals surface area contributed by atoms with Crippen molar-refractivity contribution in [1.29, 1.82) is 0 Å². The number of amides is 1. The van der Waals surface area contributed by atoms with Gasteiger partial charge in [0, 0.05) is 54.4 Å². The molecule has 3 heterocycles. The molecule has 1 aromatic carbocycles. The molecule has 1 amide bonds. The lowest BCUT2D eigenvalue weighted by Gasteiger charge is -2.35. The van der Waals surface area contributed by atoms with Crippen LogP contribution < -0.4 is 10.2 Å². The van der Waals surface area contributed by atoms with Crippen LogP contribution in [0.1, 0.15) is 48.2 Å². The van der Waals surface area contributed by atoms with Gasteiger partial charge >= 0.3 is 0 Å². The molecule has 0 bridgehead atoms. The summed E-state index contributed by atoms with van der Waals surface area (Å²) in [5.74, 6) is 1.79. The van der Waals surface area contributed by atoms with Crippen molar-refractivity contribution in [3.05, 3.63) is 59.1 Å². The minimum absolute atomic E-state index is 0.103. The van der Waals surface area contributed by atoms with E-state index < -0.39 is 0 Å². The highest BCUT2D eigenvalue weighted by molar-refractivity contribution is 7.13. The van der Waals surface area contributed by atoms with Crippen LogP contribution in [0.3, 0.4) is 0 Å². The van der Waals surface area contributed by atoms with Gasteiger partial charge in [0.15, 0.2) is 0 Å². The molecule has 3 aromatic rings. The smallest absolute Gasteiger partial charge is 0.253 e. The molecule has 172 valence electrons. The molecule has 2 fully saturated rings. The Balaban J connectivity index is 1.20. The van der Waals surface area contributed by atoms with Crippen molar-refractivity contribution >= 4 is 29.0 Å². The number of aryl methyl sites for hydroxylation is 1. The van der Waals surface area contributed by atoms with Crippen molar-refractivity contribution < 1.29 is 4.79 Å². The molecule has 5 rings (SSSR count). The van der Waals surface area contributed by atoms with Crippen LogP contribution in [0.5, 0.6) is 0 Å². The van der Waals surface area contributed by atoms with Crippen LogP contribution in [-0.4, -0.2) is 53.0 Å². The summed E-state index contributed by atoms with van der Waals surface area (Å²) in [6.45, 7) is 4.97. The maximum Gasteiger partial charge on any atom is 0.253 e. The fourth-order valence-electron chi connectivity index (χ4n) is 4.75. The number of benzene rings is 1. The summed E-state index contributed by atoms with van der Waals surface area (Å²) in [5, 5.41) is 5.62. The Hall–Kier alpha value is -2.93. The van der Waals surface area contributed by atoms with Gasteiger partial charge < -0.3 is 15.1 Å². The first kappa shape index (κ1) is 21.9. The number of carbonyl (C=O) groups excluding carboxylic acids is 1. The minimum atomic E-state index is 0.103. The quantitative estimate of drug-likeness (QED) is 0.564. The highest BCUT2D eigenvalue weighted by Crippen LogP contribution is 2.26. The Kier molecular flexibility index (Phi) is 6.58. The fraction of sp³-hybridized carbons (Fsp3) is 0.423. The summed E-state index contributed by atoms with van der Waals surface area (Å²) in [4.78, 5) is 27.9. The van der Waals surface area contributed by atoms with Crippen LogP contribution >= 0.6 is 11.3 Å². The lowest BCUT2D eigenvalue weighted by molar-refractivity contribution is 0.0746. The Morgan fingerprint density at radius 1 is 1.00 bits per heavy atom. The van der Waals surface area contributed by atoms with Crippen LogP contribution in [0.2, 0.25) is 0 Å². The Labute approximate surface area is 199 Å². The molecule has 0 atom stereocenters. The number of nitrogens with zero attached hydrogens (tertiary/aromatic N) is 4. The minimum Gasteiger partial charge on any atom is -0.353 e. The number of piperazine rings is 1. The van der Waals surface area contributed by atoms with E-state index in [2.05, 4.69) is 26.6 Å². The first-order valence-electron chi connectivity index (χ1n) is 12.0. The number of hydrogen-bond acceptors (Lipinski definition) is 6. The third-order valence-electron chi connectivity index (χ3n) is 6.61. The highest BCUT2D eigenvalue weighted by atomic mass is 32.1. The molecule has 33 heavy (non-hydrogen) atoms. The van der Waals surface area contributed by atoms with Gasteiger partial charge in [-0.1, -0.05) is 37.5 Å². The zero-order valence-electron chi connectivity index (χ0n) is 19.2. The average molecular weight is 462 g/mol. The average Bonchev–Trinajstić information content (AvgIpc) is 3.39. The number of aromatic nitrogens is 2. The van der Waals surface area contributed by atoms with Gasteiger partial charge in [-0.25, -0.2) is 4.98 Å². The van der Waals surface area contributed by atoms with Crippen LogP contribution in [0, 0.1) is 6.92 Å². The summed E-state index contributed by atoms with van der Waals surface area (Å²) < 4.78 is 0. The molecular formula is C26H31N5OS. The van der Waals surface area contributed by atoms with E-state index in [4.69, 9.17) is 4.98 Å². The molecule has 0 spiro atoms. The molecule has 1 N–H and O–H groups in total. The van der Waals surface area contributed by atoms with E-state index in [-0.39, 0.29) is 5.91 Å². The topological polar surface area (TPSA) is 61.4 Å². The van der Waals surface area contributed by atoms with Crippen molar-refractivity contribution in [3.63, 3.8) is 0 Å². The second kappa shape index (κ2) is 9.91. The van der Waals surface area contributed by atoms with E-state index >= 15 is 0 Å². The van der Waals surface area contributed by atoms with Crippen LogP contribution in [-0.2, 0) is 0 Å². The van der Waals surface area contributed by atoms with Crippen molar-refractivity contribution in [2.24, 2.45) is 0 Å². The van der Waals surface area contributed by atoms with Crippen molar-refractivity contribution in [1.82, 2.24) is 14.9 Å². The van der Waals surface area contributed by atoms with Gasteiger partial charge in [-0.3, -0.25) is 4.79 Å². The highest BCUT2D eigenvalue weighted by Gasteiger charge is 2.24. The predicted molar refractivity (Wildman–Crippen MR) is 135 cm³/mol. The third-order valence-corrected chi connectivity index (χ3v) is 7.53. The van der Waals surface area contributed by atoms with Gasteiger partial charge in [-0.05, 0) is 48.9 Å². The molecule has 1 aliphatic carbocycles. The SMILES string of the molecule is Cc1cc(N2CCN(C(=O)c3ccc(-c4cccs4)cc3)CC2)nc(NC2CCCCC2)n1. The van der Waals surface area contributed by atoms with Gasteiger partial charge in [-0.15, -0.1) is 11.3 Å². The van der Waals surface area contributed by atoms with E-state index in [0.717, 1.165) is 41.7 Å². The third kappa shape index (κ3) is 5.19. The Bertz CT molecular complexity index is 1070. The molecule has 1 saturated carbocycles. The standard InChI is InChI=1S/C26H31N5OS/c1-19-18-24(29-26(27-19)28-22-6-3-2-4-7-22)30-13-15-31(16-14-30)25(32)21-11-9-20(10-12-21)23-8-5-17-33-23/h5,8-12,17-18,22H,2-4,6-7,13-16H2,1H3,(H,27,28,29). The molecule has 6 nitrogen and oxygen atoms in total. The molecule has 7 heteroatoms. The van der Waals surface area contributed by atoms with E-state index in [9.17, 15) is 4.79 Å². The van der Waals surface area contributed by atoms with Crippen molar-refractivity contribution in [2.45, 2.75) is 45.1 Å². The number of anilines is 2. The van der Waals surface area contributed by atoms with Crippen molar-refractivity contribution in [2.75, 3.05) is 36.4 Å². The summed E-state index contributed by atoms with van der Waals surface area (Å²) in [6.07, 6.45) is 6.29. The summed E-state index contributed by atoms with van der Waals surface area (Å²) in [7, 11) is 0. The second-order valence-corrected chi connectivity index (χ2v) is 9.95. The largest absolute Gasteiger partial charge is 0.353 e. The lowest BCUT2D eigenvalue weighted by Crippen LogP contribution is -2.49. The van der Waals surface area contributed by atoms with Crippen LogP contribution in [0.4, 0.5) is 11.8 Å². The molecule has 0 radical (unpaired) electrons. The first-order chi connectivity index (χ1) is 16.2. The van der Waals surface area contributed by atoms with Gasteiger partial charge in [0.05, 0.1) is 0 Å². The molecule has 1 saturated heterocycles. The molecule has 0 unspecified atom stereocenters. The van der Waals surface area contributed by atoms with E-state index in [0.29, 0.717) is 19.1 Å². The van der Waals surface area contributed by atoms with E-state index in [1.807, 2.05) is 48.2 Å². The molecule has 2 aliphatic rings. The maximum atomic E-state index is 13.0. The Morgan fingerprint density at radius 3 is 2.45 bits per heavy atom. The fourth-order valence-corrected chi connectivity index (χ4v) is 5.48. The predicted octanol–water partition coefficient (Wildman–Crippen LogP) is 5.22. The van der Waals surface area contributed by atoms with Crippen molar-refractivity contribution in [3.8, 4) is 10.4 Å².